The third-order valence-electron chi connectivity index (χ3n) is 5.84. The van der Waals surface area contributed by atoms with Crippen LogP contribution in [0.1, 0.15) is 44.1 Å². The summed E-state index contributed by atoms with van der Waals surface area (Å²) in [5, 5.41) is 10.0. The number of ether oxygens (including phenoxy) is 1. The second-order valence-electron chi connectivity index (χ2n) is 7.29. The Kier molecular flexibility index (Phi) is 5.73. The van der Waals surface area contributed by atoms with Gasteiger partial charge in [-0.05, 0) is 33.6 Å². The molecular weight excluding hydrogens is 394 g/mol. The number of piperidine rings is 1. The lowest BCUT2D eigenvalue weighted by atomic mass is 9.86. The largest absolute Gasteiger partial charge is 0.501 e. The molecule has 2 fully saturated rings. The number of imide groups is 1. The van der Waals surface area contributed by atoms with Crippen LogP contribution in [-0.2, 0) is 16.6 Å². The van der Waals surface area contributed by atoms with E-state index in [-0.39, 0.29) is 24.5 Å². The molecule has 1 aromatic rings. The van der Waals surface area contributed by atoms with E-state index in [1.807, 2.05) is 6.92 Å². The maximum atomic E-state index is 13.0. The lowest BCUT2D eigenvalue weighted by molar-refractivity contribution is -0.134. The van der Waals surface area contributed by atoms with E-state index in [0.717, 1.165) is 4.57 Å². The summed E-state index contributed by atoms with van der Waals surface area (Å²) in [6.45, 7) is 6.73. The number of hydrogen-bond donors (Lipinski definition) is 1. The summed E-state index contributed by atoms with van der Waals surface area (Å²) in [4.78, 5) is 58.9. The van der Waals surface area contributed by atoms with Crippen LogP contribution in [0.5, 0.6) is 5.75 Å². The van der Waals surface area contributed by atoms with Gasteiger partial charge in [-0.2, -0.15) is 0 Å². The van der Waals surface area contributed by atoms with Crippen LogP contribution in [0, 0.1) is 0 Å². The number of aromatic nitrogens is 2. The molecule has 1 N–H and O–H groups in total. The number of esters is 1. The molecule has 0 aromatic carbocycles. The predicted octanol–water partition coefficient (Wildman–Crippen LogP) is 0.306. The number of rotatable bonds is 5. The average Bonchev–Trinajstić information content (AvgIpc) is 2.92. The van der Waals surface area contributed by atoms with Gasteiger partial charge in [0, 0.05) is 33.2 Å². The topological polar surface area (TPSA) is 125 Å². The second kappa shape index (κ2) is 7.96. The van der Waals surface area contributed by atoms with E-state index in [9.17, 15) is 24.3 Å². The molecule has 0 atom stereocenters. The van der Waals surface area contributed by atoms with Crippen molar-refractivity contribution < 1.29 is 24.2 Å². The van der Waals surface area contributed by atoms with Crippen molar-refractivity contribution in [2.24, 2.45) is 7.05 Å². The van der Waals surface area contributed by atoms with Crippen LogP contribution >= 0.6 is 0 Å². The van der Waals surface area contributed by atoms with E-state index in [1.54, 1.807) is 23.6 Å². The Morgan fingerprint density at radius 3 is 2.30 bits per heavy atom. The zero-order valence-corrected chi connectivity index (χ0v) is 17.7. The fourth-order valence-electron chi connectivity index (χ4n) is 4.26. The molecular formula is C19H27N5O6. The molecule has 2 aliphatic heterocycles. The molecule has 0 radical (unpaired) electrons. The van der Waals surface area contributed by atoms with Crippen molar-refractivity contribution in [3.8, 4) is 5.75 Å². The smallest absolute Gasteiger partial charge is 0.361 e. The van der Waals surface area contributed by atoms with Crippen LogP contribution in [0.25, 0.3) is 0 Å². The molecule has 0 aliphatic carbocycles. The number of carbonyl (C=O) groups excluding carboxylic acids is 3. The highest BCUT2D eigenvalue weighted by Crippen LogP contribution is 2.37. The highest BCUT2D eigenvalue weighted by molar-refractivity contribution is 6.07. The summed E-state index contributed by atoms with van der Waals surface area (Å²) >= 11 is 0. The summed E-state index contributed by atoms with van der Waals surface area (Å²) in [6, 6.07) is -0.279. The van der Waals surface area contributed by atoms with E-state index in [0.29, 0.717) is 39.0 Å². The molecule has 3 rings (SSSR count). The molecule has 2 saturated heterocycles. The highest BCUT2D eigenvalue weighted by Gasteiger charge is 2.57. The molecule has 11 heteroatoms. The number of carbonyl (C=O) groups is 3. The van der Waals surface area contributed by atoms with Crippen molar-refractivity contribution in [1.82, 2.24) is 19.4 Å². The number of anilines is 1. The lowest BCUT2D eigenvalue weighted by Gasteiger charge is -2.42. The normalized spacial score (nSPS) is 18.5. The lowest BCUT2D eigenvalue weighted by Crippen LogP contribution is -2.57. The predicted molar refractivity (Wildman–Crippen MR) is 106 cm³/mol. The number of urea groups is 1. The van der Waals surface area contributed by atoms with E-state index in [1.165, 1.54) is 11.9 Å². The Labute approximate surface area is 173 Å². The number of amides is 3. The van der Waals surface area contributed by atoms with Gasteiger partial charge in [0.15, 0.2) is 5.69 Å². The highest BCUT2D eigenvalue weighted by atomic mass is 16.5. The third kappa shape index (κ3) is 3.08. The number of hydrogen-bond acceptors (Lipinski definition) is 8. The first-order chi connectivity index (χ1) is 14.2. The third-order valence-corrected chi connectivity index (χ3v) is 5.84. The van der Waals surface area contributed by atoms with Crippen molar-refractivity contribution >= 4 is 23.9 Å². The monoisotopic (exact) mass is 421 g/mol. The standard InChI is InChI=1S/C19H27N5O6/c1-5-23-16(28)19(24(6-2)18(23)29)8-10-22(11-9-19)17-20-12(15(27)30-7-3)13(25)14(26)21(17)4/h25H,5-11H2,1-4H3. The average molecular weight is 421 g/mol. The van der Waals surface area contributed by atoms with Gasteiger partial charge >= 0.3 is 12.0 Å². The maximum absolute atomic E-state index is 13.0. The molecule has 30 heavy (non-hydrogen) atoms. The van der Waals surface area contributed by atoms with Crippen LogP contribution in [0.2, 0.25) is 0 Å². The second-order valence-corrected chi connectivity index (χ2v) is 7.29. The van der Waals surface area contributed by atoms with Crippen LogP contribution < -0.4 is 10.5 Å². The van der Waals surface area contributed by atoms with Gasteiger partial charge in [0.05, 0.1) is 6.61 Å². The molecule has 11 nitrogen and oxygen atoms in total. The SMILES string of the molecule is CCOC(=O)c1nc(N2CCC3(CC2)C(=O)N(CC)C(=O)N3CC)n(C)c(=O)c1O. The van der Waals surface area contributed by atoms with Gasteiger partial charge in [-0.25, -0.2) is 14.6 Å². The van der Waals surface area contributed by atoms with E-state index >= 15 is 0 Å². The zero-order valence-electron chi connectivity index (χ0n) is 17.7. The van der Waals surface area contributed by atoms with Crippen LogP contribution in [0.3, 0.4) is 0 Å². The van der Waals surface area contributed by atoms with Gasteiger partial charge in [-0.1, -0.05) is 0 Å². The van der Waals surface area contributed by atoms with Gasteiger partial charge < -0.3 is 19.6 Å². The molecule has 3 amide bonds. The van der Waals surface area contributed by atoms with Gasteiger partial charge in [-0.15, -0.1) is 0 Å². The quantitative estimate of drug-likeness (QED) is 0.532. The minimum Gasteiger partial charge on any atom is -0.501 e. The van der Waals surface area contributed by atoms with Crippen LogP contribution in [0.4, 0.5) is 10.7 Å². The maximum Gasteiger partial charge on any atom is 0.361 e. The fourth-order valence-corrected chi connectivity index (χ4v) is 4.26. The van der Waals surface area contributed by atoms with Crippen molar-refractivity contribution in [3.05, 3.63) is 16.0 Å². The van der Waals surface area contributed by atoms with Crippen molar-refractivity contribution in [2.75, 3.05) is 37.7 Å². The van der Waals surface area contributed by atoms with E-state index < -0.39 is 28.5 Å². The molecule has 164 valence electrons. The molecule has 2 aliphatic rings. The minimum absolute atomic E-state index is 0.0770. The zero-order chi connectivity index (χ0) is 22.2. The van der Waals surface area contributed by atoms with Gasteiger partial charge in [-0.3, -0.25) is 19.1 Å². The minimum atomic E-state index is -0.905. The first-order valence-electron chi connectivity index (χ1n) is 10.1. The Morgan fingerprint density at radius 1 is 1.13 bits per heavy atom. The van der Waals surface area contributed by atoms with Gasteiger partial charge in [0.2, 0.25) is 11.7 Å². The summed E-state index contributed by atoms with van der Waals surface area (Å²) in [7, 11) is 1.45. The first kappa shape index (κ1) is 21.6. The van der Waals surface area contributed by atoms with Crippen molar-refractivity contribution in [3.63, 3.8) is 0 Å². The Morgan fingerprint density at radius 2 is 1.77 bits per heavy atom. The summed E-state index contributed by atoms with van der Waals surface area (Å²) in [6.07, 6.45) is 0.737. The van der Waals surface area contributed by atoms with E-state index in [2.05, 4.69) is 4.98 Å². The Hall–Kier alpha value is -3.11. The van der Waals surface area contributed by atoms with Crippen molar-refractivity contribution in [2.45, 2.75) is 39.2 Å². The molecule has 3 heterocycles. The van der Waals surface area contributed by atoms with Crippen molar-refractivity contribution in [1.29, 1.82) is 0 Å². The van der Waals surface area contributed by atoms with Crippen LogP contribution in [0.15, 0.2) is 4.79 Å². The fraction of sp³-hybridized carbons (Fsp3) is 0.632. The van der Waals surface area contributed by atoms with Gasteiger partial charge in [0.25, 0.3) is 11.5 Å². The molecule has 0 unspecified atom stereocenters. The number of likely N-dealkylation sites (N-methyl/N-ethyl adjacent to an activating group) is 2. The number of nitrogens with zero attached hydrogens (tertiary/aromatic N) is 5. The Bertz CT molecular complexity index is 934. The number of aromatic hydroxyl groups is 1. The molecule has 0 saturated carbocycles. The van der Waals surface area contributed by atoms with Gasteiger partial charge in [0.1, 0.15) is 5.54 Å². The summed E-state index contributed by atoms with van der Waals surface area (Å²) in [5.41, 5.74) is -2.10. The molecule has 0 bridgehead atoms. The first-order valence-corrected chi connectivity index (χ1v) is 10.1. The Balaban J connectivity index is 1.92. The summed E-state index contributed by atoms with van der Waals surface area (Å²) < 4.78 is 6.04. The van der Waals surface area contributed by atoms with E-state index in [4.69, 9.17) is 4.74 Å². The summed E-state index contributed by atoms with van der Waals surface area (Å²) in [5.74, 6) is -1.64. The van der Waals surface area contributed by atoms with Crippen LogP contribution in [-0.4, -0.2) is 80.7 Å². The molecule has 1 spiro atoms. The molecule has 1 aromatic heterocycles.